The van der Waals surface area contributed by atoms with E-state index in [1.54, 1.807) is 12.1 Å². The number of hydrogen-bond acceptors (Lipinski definition) is 2. The van der Waals surface area contributed by atoms with Crippen LogP contribution in [0.5, 0.6) is 0 Å². The molecular weight excluding hydrogens is 425 g/mol. The third-order valence-electron chi connectivity index (χ3n) is 5.73. The van der Waals surface area contributed by atoms with Crippen LogP contribution in [0.4, 0.5) is 14.5 Å². The van der Waals surface area contributed by atoms with Crippen LogP contribution < -0.4 is 4.90 Å². The maximum absolute atomic E-state index is 13.7. The molecule has 1 saturated heterocycles. The van der Waals surface area contributed by atoms with Gasteiger partial charge in [0.05, 0.1) is 16.8 Å². The minimum absolute atomic E-state index is 0.0453. The summed E-state index contributed by atoms with van der Waals surface area (Å²) in [6.07, 6.45) is 0. The molecule has 156 valence electrons. The number of anilines is 1. The summed E-state index contributed by atoms with van der Waals surface area (Å²) in [4.78, 5) is 4.60. The van der Waals surface area contributed by atoms with E-state index in [-0.39, 0.29) is 12.1 Å². The van der Waals surface area contributed by atoms with Gasteiger partial charge in [-0.2, -0.15) is 0 Å². The standard InChI is InChI=1S/C24H22Cl2F2N2/c1-16-24(18-5-3-2-4-6-18)30(23-10-8-19(25)14-20(23)26)12-11-29(16)15-17-7-9-21(27)22(28)13-17/h2-10,13-14,16,24H,11-12,15H2,1H3/t16?,24-/m0/s1. The molecule has 0 aliphatic carbocycles. The minimum Gasteiger partial charge on any atom is -0.360 e. The van der Waals surface area contributed by atoms with Gasteiger partial charge in [-0.3, -0.25) is 4.90 Å². The fourth-order valence-corrected chi connectivity index (χ4v) is 4.74. The average molecular weight is 447 g/mol. The molecule has 1 aliphatic rings. The summed E-state index contributed by atoms with van der Waals surface area (Å²) in [5.74, 6) is -1.64. The Labute approximate surface area is 185 Å². The van der Waals surface area contributed by atoms with E-state index in [2.05, 4.69) is 28.9 Å². The lowest BCUT2D eigenvalue weighted by Gasteiger charge is -2.48. The third kappa shape index (κ3) is 4.31. The fraction of sp³-hybridized carbons (Fsp3) is 0.250. The molecule has 2 nitrogen and oxygen atoms in total. The summed E-state index contributed by atoms with van der Waals surface area (Å²) in [6.45, 7) is 4.22. The number of nitrogens with zero attached hydrogens (tertiary/aromatic N) is 2. The monoisotopic (exact) mass is 446 g/mol. The molecule has 0 bridgehead atoms. The van der Waals surface area contributed by atoms with E-state index in [1.165, 1.54) is 17.7 Å². The Bertz CT molecular complexity index is 1030. The third-order valence-corrected chi connectivity index (χ3v) is 6.26. The van der Waals surface area contributed by atoms with Gasteiger partial charge < -0.3 is 4.90 Å². The molecule has 1 unspecified atom stereocenters. The summed E-state index contributed by atoms with van der Waals surface area (Å²) in [5.41, 5.74) is 2.87. The van der Waals surface area contributed by atoms with Gasteiger partial charge in [0.2, 0.25) is 0 Å². The number of piperazine rings is 1. The van der Waals surface area contributed by atoms with E-state index in [4.69, 9.17) is 23.2 Å². The smallest absolute Gasteiger partial charge is 0.159 e. The van der Waals surface area contributed by atoms with Crippen LogP contribution in [0.2, 0.25) is 10.0 Å². The quantitative estimate of drug-likeness (QED) is 0.438. The van der Waals surface area contributed by atoms with Crippen LogP contribution >= 0.6 is 23.2 Å². The maximum atomic E-state index is 13.7. The molecule has 0 radical (unpaired) electrons. The van der Waals surface area contributed by atoms with E-state index in [0.717, 1.165) is 24.3 Å². The summed E-state index contributed by atoms with van der Waals surface area (Å²) in [7, 11) is 0. The summed E-state index contributed by atoms with van der Waals surface area (Å²) in [5, 5.41) is 1.22. The number of rotatable bonds is 4. The Balaban J connectivity index is 1.67. The summed E-state index contributed by atoms with van der Waals surface area (Å²) in [6, 6.07) is 20.1. The first-order chi connectivity index (χ1) is 14.4. The highest BCUT2D eigenvalue weighted by Crippen LogP contribution is 2.39. The van der Waals surface area contributed by atoms with Gasteiger partial charge in [0.15, 0.2) is 11.6 Å². The molecule has 0 aromatic heterocycles. The lowest BCUT2D eigenvalue weighted by molar-refractivity contribution is 0.144. The van der Waals surface area contributed by atoms with Crippen LogP contribution in [0, 0.1) is 11.6 Å². The highest BCUT2D eigenvalue weighted by atomic mass is 35.5. The van der Waals surface area contributed by atoms with Gasteiger partial charge >= 0.3 is 0 Å². The highest BCUT2D eigenvalue weighted by molar-refractivity contribution is 6.36. The molecular formula is C24H22Cl2F2N2. The van der Waals surface area contributed by atoms with Gasteiger partial charge in [0.25, 0.3) is 0 Å². The minimum atomic E-state index is -0.823. The van der Waals surface area contributed by atoms with Crippen LogP contribution in [0.1, 0.15) is 24.1 Å². The van der Waals surface area contributed by atoms with Gasteiger partial charge in [-0.15, -0.1) is 0 Å². The van der Waals surface area contributed by atoms with Gasteiger partial charge in [0.1, 0.15) is 0 Å². The van der Waals surface area contributed by atoms with E-state index in [0.29, 0.717) is 16.6 Å². The summed E-state index contributed by atoms with van der Waals surface area (Å²) >= 11 is 12.7. The van der Waals surface area contributed by atoms with Crippen LogP contribution in [0.15, 0.2) is 66.7 Å². The second-order valence-electron chi connectivity index (χ2n) is 7.60. The van der Waals surface area contributed by atoms with Crippen molar-refractivity contribution in [2.45, 2.75) is 25.6 Å². The second-order valence-corrected chi connectivity index (χ2v) is 8.45. The predicted octanol–water partition coefficient (Wildman–Crippen LogP) is 6.72. The first-order valence-electron chi connectivity index (χ1n) is 9.88. The lowest BCUT2D eigenvalue weighted by atomic mass is 9.93. The maximum Gasteiger partial charge on any atom is 0.159 e. The van der Waals surface area contributed by atoms with Crippen molar-refractivity contribution in [2.24, 2.45) is 0 Å². The van der Waals surface area contributed by atoms with Crippen LogP contribution in [-0.2, 0) is 6.54 Å². The Morgan fingerprint density at radius 2 is 1.67 bits per heavy atom. The van der Waals surface area contributed by atoms with Crippen molar-refractivity contribution in [3.63, 3.8) is 0 Å². The molecule has 1 heterocycles. The largest absolute Gasteiger partial charge is 0.360 e. The Kier molecular flexibility index (Phi) is 6.28. The molecule has 3 aromatic rings. The molecule has 6 heteroatoms. The zero-order valence-electron chi connectivity index (χ0n) is 16.5. The van der Waals surface area contributed by atoms with Gasteiger partial charge in [-0.25, -0.2) is 8.78 Å². The van der Waals surface area contributed by atoms with Gasteiger partial charge in [0, 0.05) is 30.7 Å². The summed E-state index contributed by atoms with van der Waals surface area (Å²) < 4.78 is 27.0. The Morgan fingerprint density at radius 3 is 2.37 bits per heavy atom. The van der Waals surface area contributed by atoms with E-state index < -0.39 is 11.6 Å². The molecule has 0 spiro atoms. The first kappa shape index (κ1) is 21.1. The van der Waals surface area contributed by atoms with Crippen molar-refractivity contribution >= 4 is 28.9 Å². The molecule has 1 fully saturated rings. The average Bonchev–Trinajstić information content (AvgIpc) is 2.73. The zero-order valence-corrected chi connectivity index (χ0v) is 18.0. The Hall–Kier alpha value is -2.14. The topological polar surface area (TPSA) is 6.48 Å². The molecule has 3 aromatic carbocycles. The van der Waals surface area contributed by atoms with Crippen molar-refractivity contribution < 1.29 is 8.78 Å². The van der Waals surface area contributed by atoms with E-state index >= 15 is 0 Å². The van der Waals surface area contributed by atoms with Crippen LogP contribution in [0.25, 0.3) is 0 Å². The number of hydrogen-bond donors (Lipinski definition) is 0. The van der Waals surface area contributed by atoms with Crippen molar-refractivity contribution in [3.8, 4) is 0 Å². The first-order valence-corrected chi connectivity index (χ1v) is 10.6. The van der Waals surface area contributed by atoms with Crippen LogP contribution in [-0.4, -0.2) is 24.0 Å². The van der Waals surface area contributed by atoms with E-state index in [1.807, 2.05) is 30.3 Å². The van der Waals surface area contributed by atoms with Gasteiger partial charge in [-0.05, 0) is 48.4 Å². The van der Waals surface area contributed by atoms with E-state index in [9.17, 15) is 8.78 Å². The molecule has 0 saturated carbocycles. The zero-order chi connectivity index (χ0) is 21.3. The SMILES string of the molecule is CC1[C@@H](c2ccccc2)N(c2ccc(Cl)cc2Cl)CCN1Cc1ccc(F)c(F)c1. The van der Waals surface area contributed by atoms with Crippen molar-refractivity contribution in [2.75, 3.05) is 18.0 Å². The number of halogens is 4. The highest BCUT2D eigenvalue weighted by Gasteiger charge is 2.35. The Morgan fingerprint density at radius 1 is 0.900 bits per heavy atom. The fourth-order valence-electron chi connectivity index (χ4n) is 4.23. The van der Waals surface area contributed by atoms with Crippen molar-refractivity contribution in [3.05, 3.63) is 99.5 Å². The van der Waals surface area contributed by atoms with Crippen LogP contribution in [0.3, 0.4) is 0 Å². The number of benzene rings is 3. The molecule has 1 aliphatic heterocycles. The molecule has 30 heavy (non-hydrogen) atoms. The second kappa shape index (κ2) is 8.93. The van der Waals surface area contributed by atoms with Crippen molar-refractivity contribution in [1.29, 1.82) is 0 Å². The lowest BCUT2D eigenvalue weighted by Crippen LogP contribution is -2.53. The normalized spacial score (nSPS) is 19.8. The predicted molar refractivity (Wildman–Crippen MR) is 119 cm³/mol. The molecule has 4 rings (SSSR count). The molecule has 0 amide bonds. The van der Waals surface area contributed by atoms with Crippen molar-refractivity contribution in [1.82, 2.24) is 4.90 Å². The molecule has 0 N–H and O–H groups in total. The van der Waals surface area contributed by atoms with Gasteiger partial charge in [-0.1, -0.05) is 59.6 Å². The molecule has 2 atom stereocenters.